The highest BCUT2D eigenvalue weighted by molar-refractivity contribution is 6.05. The molecule has 0 spiro atoms. The first-order chi connectivity index (χ1) is 17.5. The van der Waals surface area contributed by atoms with E-state index in [9.17, 15) is 14.4 Å². The van der Waals surface area contributed by atoms with E-state index < -0.39 is 23.9 Å². The normalized spacial score (nSPS) is 15.1. The molecule has 182 valence electrons. The van der Waals surface area contributed by atoms with Crippen molar-refractivity contribution >= 4 is 17.9 Å². The van der Waals surface area contributed by atoms with Crippen molar-refractivity contribution in [2.24, 2.45) is 0 Å². The summed E-state index contributed by atoms with van der Waals surface area (Å²) in [6.07, 6.45) is 0.790. The lowest BCUT2D eigenvalue weighted by Crippen LogP contribution is -2.50. The van der Waals surface area contributed by atoms with Crippen LogP contribution in [0.5, 0.6) is 0 Å². The van der Waals surface area contributed by atoms with Gasteiger partial charge in [-0.15, -0.1) is 0 Å². The van der Waals surface area contributed by atoms with Crippen molar-refractivity contribution in [1.82, 2.24) is 10.2 Å². The number of fused-ring (bicyclic) bond motifs is 3. The molecule has 5 rings (SSSR count). The van der Waals surface area contributed by atoms with Crippen molar-refractivity contribution in [1.29, 1.82) is 0 Å². The third-order valence-electron chi connectivity index (χ3n) is 6.61. The van der Waals surface area contributed by atoms with Gasteiger partial charge in [0, 0.05) is 18.4 Å². The minimum atomic E-state index is -0.975. The topological polar surface area (TPSA) is 84.9 Å². The van der Waals surface area contributed by atoms with E-state index in [0.29, 0.717) is 5.76 Å². The molecule has 36 heavy (non-hydrogen) atoms. The second-order valence-corrected chi connectivity index (χ2v) is 8.79. The average Bonchev–Trinajstić information content (AvgIpc) is 3.45. The maximum absolute atomic E-state index is 13.3. The van der Waals surface area contributed by atoms with Gasteiger partial charge in [-0.25, -0.2) is 4.79 Å². The summed E-state index contributed by atoms with van der Waals surface area (Å²) >= 11 is 0. The van der Waals surface area contributed by atoms with Gasteiger partial charge in [0.1, 0.15) is 18.4 Å². The van der Waals surface area contributed by atoms with E-state index in [2.05, 4.69) is 17.4 Å². The summed E-state index contributed by atoms with van der Waals surface area (Å²) in [6.45, 7) is 0.163. The van der Waals surface area contributed by atoms with E-state index in [0.717, 1.165) is 32.7 Å². The van der Waals surface area contributed by atoms with Crippen LogP contribution in [0, 0.1) is 0 Å². The number of benzene rings is 3. The summed E-state index contributed by atoms with van der Waals surface area (Å²) in [5.41, 5.74) is 5.32. The molecule has 0 saturated heterocycles. The van der Waals surface area contributed by atoms with Crippen LogP contribution in [0.15, 0.2) is 90.7 Å². The van der Waals surface area contributed by atoms with E-state index in [-0.39, 0.29) is 25.5 Å². The number of carbonyl (C=O) groups excluding carboxylic acids is 3. The predicted octanol–water partition coefficient (Wildman–Crippen LogP) is 4.04. The van der Waals surface area contributed by atoms with Gasteiger partial charge >= 0.3 is 6.09 Å². The van der Waals surface area contributed by atoms with Crippen LogP contribution < -0.4 is 5.32 Å². The van der Waals surface area contributed by atoms with Crippen LogP contribution in [0.4, 0.5) is 4.79 Å². The lowest BCUT2D eigenvalue weighted by molar-refractivity contribution is -0.142. The minimum Gasteiger partial charge on any atom is -0.499 e. The van der Waals surface area contributed by atoms with Crippen molar-refractivity contribution in [2.45, 2.75) is 18.4 Å². The lowest BCUT2D eigenvalue weighted by atomic mass is 9.98. The number of nitrogens with one attached hydrogen (secondary N) is 1. The molecule has 1 atom stereocenters. The Morgan fingerprint density at radius 2 is 1.56 bits per heavy atom. The zero-order valence-electron chi connectivity index (χ0n) is 19.8. The first kappa shape index (κ1) is 23.4. The van der Waals surface area contributed by atoms with Crippen molar-refractivity contribution in [2.75, 3.05) is 20.3 Å². The number of hydrogen-bond donors (Lipinski definition) is 1. The third-order valence-corrected chi connectivity index (χ3v) is 6.61. The number of imide groups is 1. The molecule has 1 N–H and O–H groups in total. The van der Waals surface area contributed by atoms with Crippen LogP contribution in [0.3, 0.4) is 0 Å². The zero-order chi connectivity index (χ0) is 25.1. The smallest absolute Gasteiger partial charge is 0.407 e. The fourth-order valence-corrected chi connectivity index (χ4v) is 4.83. The number of nitrogens with zero attached hydrogens (tertiary/aromatic N) is 1. The minimum absolute atomic E-state index is 0.0336. The van der Waals surface area contributed by atoms with Gasteiger partial charge in [0.15, 0.2) is 0 Å². The standard InChI is InChI=1S/C29H26N2O5/c1-35-20-16-27(32)31(17-20)28(33)26(15-19-9-3-2-4-10-19)30-29(34)36-18-25-23-13-7-5-11-21(23)22-12-6-8-14-24(22)25/h2-14,16,25-26H,15,17-18H2,1H3,(H,30,34)/t26-/m0/s1. The fourth-order valence-electron chi connectivity index (χ4n) is 4.83. The first-order valence-corrected chi connectivity index (χ1v) is 11.8. The Kier molecular flexibility index (Phi) is 6.54. The highest BCUT2D eigenvalue weighted by Gasteiger charge is 2.35. The van der Waals surface area contributed by atoms with E-state index in [1.54, 1.807) is 0 Å². The molecular formula is C29H26N2O5. The van der Waals surface area contributed by atoms with Crippen molar-refractivity contribution in [3.8, 4) is 11.1 Å². The number of amides is 3. The third kappa shape index (κ3) is 4.60. The number of hydrogen-bond acceptors (Lipinski definition) is 5. The summed E-state index contributed by atoms with van der Waals surface area (Å²) in [5, 5.41) is 2.70. The SMILES string of the molecule is COC1=CC(=O)N(C(=O)[C@H](Cc2ccccc2)NC(=O)OCC2c3ccccc3-c3ccccc32)C1. The molecular weight excluding hydrogens is 456 g/mol. The van der Waals surface area contributed by atoms with Crippen molar-refractivity contribution < 1.29 is 23.9 Å². The molecule has 3 amide bonds. The lowest BCUT2D eigenvalue weighted by Gasteiger charge is -2.23. The van der Waals surface area contributed by atoms with Gasteiger partial charge in [-0.2, -0.15) is 0 Å². The molecule has 1 heterocycles. The summed E-state index contributed by atoms with van der Waals surface area (Å²) in [7, 11) is 1.45. The predicted molar refractivity (Wildman–Crippen MR) is 134 cm³/mol. The van der Waals surface area contributed by atoms with Crippen LogP contribution in [0.1, 0.15) is 22.6 Å². The summed E-state index contributed by atoms with van der Waals surface area (Å²) in [5.74, 6) is -0.682. The second-order valence-electron chi connectivity index (χ2n) is 8.79. The van der Waals surface area contributed by atoms with Crippen LogP contribution in [0.2, 0.25) is 0 Å². The van der Waals surface area contributed by atoms with Gasteiger partial charge < -0.3 is 14.8 Å². The van der Waals surface area contributed by atoms with Gasteiger partial charge in [0.2, 0.25) is 0 Å². The van der Waals surface area contributed by atoms with Crippen LogP contribution in [-0.4, -0.2) is 49.1 Å². The highest BCUT2D eigenvalue weighted by atomic mass is 16.5. The maximum Gasteiger partial charge on any atom is 0.407 e. The molecule has 7 nitrogen and oxygen atoms in total. The number of ether oxygens (including phenoxy) is 2. The number of carbonyl (C=O) groups is 3. The molecule has 0 unspecified atom stereocenters. The van der Waals surface area contributed by atoms with Crippen LogP contribution >= 0.6 is 0 Å². The molecule has 2 aliphatic rings. The van der Waals surface area contributed by atoms with Gasteiger partial charge in [-0.3, -0.25) is 14.5 Å². The number of methoxy groups -OCH3 is 1. The van der Waals surface area contributed by atoms with Crippen molar-refractivity contribution in [3.63, 3.8) is 0 Å². The first-order valence-electron chi connectivity index (χ1n) is 11.8. The van der Waals surface area contributed by atoms with Gasteiger partial charge in [-0.05, 0) is 27.8 Å². The molecule has 3 aromatic rings. The van der Waals surface area contributed by atoms with E-state index in [4.69, 9.17) is 9.47 Å². The van der Waals surface area contributed by atoms with Crippen molar-refractivity contribution in [3.05, 3.63) is 107 Å². The Hall–Kier alpha value is -4.39. The Bertz CT molecular complexity index is 1290. The quantitative estimate of drug-likeness (QED) is 0.550. The Balaban J connectivity index is 1.30. The fraction of sp³-hybridized carbons (Fsp3) is 0.207. The number of alkyl carbamates (subject to hydrolysis) is 1. The number of rotatable bonds is 7. The molecule has 0 bridgehead atoms. The van der Waals surface area contributed by atoms with Crippen LogP contribution in [-0.2, 0) is 25.5 Å². The highest BCUT2D eigenvalue weighted by Crippen LogP contribution is 2.44. The Morgan fingerprint density at radius 3 is 2.17 bits per heavy atom. The molecule has 1 aliphatic carbocycles. The largest absolute Gasteiger partial charge is 0.499 e. The molecule has 0 aromatic heterocycles. The Morgan fingerprint density at radius 1 is 0.944 bits per heavy atom. The Labute approximate surface area is 209 Å². The van der Waals surface area contributed by atoms with E-state index >= 15 is 0 Å². The second kappa shape index (κ2) is 10.1. The summed E-state index contributed by atoms with van der Waals surface area (Å²) in [6, 6.07) is 24.5. The molecule has 0 radical (unpaired) electrons. The van der Waals surface area contributed by atoms with Gasteiger partial charge in [0.25, 0.3) is 11.8 Å². The maximum atomic E-state index is 13.3. The molecule has 0 fully saturated rings. The van der Waals surface area contributed by atoms with Crippen LogP contribution in [0.25, 0.3) is 11.1 Å². The summed E-state index contributed by atoms with van der Waals surface area (Å²) in [4.78, 5) is 39.7. The monoisotopic (exact) mass is 482 g/mol. The van der Waals surface area contributed by atoms with E-state index in [1.165, 1.54) is 13.2 Å². The van der Waals surface area contributed by atoms with Gasteiger partial charge in [-0.1, -0.05) is 78.9 Å². The summed E-state index contributed by atoms with van der Waals surface area (Å²) < 4.78 is 10.8. The van der Waals surface area contributed by atoms with Gasteiger partial charge in [0.05, 0.1) is 13.7 Å². The molecule has 3 aromatic carbocycles. The molecule has 7 heteroatoms. The average molecular weight is 483 g/mol. The zero-order valence-corrected chi connectivity index (χ0v) is 19.8. The molecule has 1 aliphatic heterocycles. The molecule has 0 saturated carbocycles. The van der Waals surface area contributed by atoms with E-state index in [1.807, 2.05) is 66.7 Å².